The molecule has 2 aromatic heterocycles. The van der Waals surface area contributed by atoms with E-state index in [1.165, 1.54) is 11.8 Å². The Bertz CT molecular complexity index is 558. The third-order valence-corrected chi connectivity index (χ3v) is 3.12. The van der Waals surface area contributed by atoms with E-state index in [9.17, 15) is 0 Å². The second-order valence-corrected chi connectivity index (χ2v) is 5.88. The zero-order valence-corrected chi connectivity index (χ0v) is 11.6. The van der Waals surface area contributed by atoms with Crippen LogP contribution < -0.4 is 5.73 Å². The fourth-order valence-corrected chi connectivity index (χ4v) is 1.98. The summed E-state index contributed by atoms with van der Waals surface area (Å²) < 4.78 is 1.58. The molecule has 0 atom stereocenters. The zero-order chi connectivity index (χ0) is 13.3. The van der Waals surface area contributed by atoms with E-state index >= 15 is 0 Å². The van der Waals surface area contributed by atoms with Crippen LogP contribution in [0.25, 0.3) is 0 Å². The number of rotatable bonds is 2. The lowest BCUT2D eigenvalue weighted by Crippen LogP contribution is -2.17. The monoisotopic (exact) mass is 265 g/mol. The van der Waals surface area contributed by atoms with E-state index in [0.717, 1.165) is 5.03 Å². The lowest BCUT2D eigenvalue weighted by Gasteiger charge is -2.17. The number of hydrogen-bond donors (Lipinski definition) is 1. The Morgan fingerprint density at radius 3 is 2.56 bits per heavy atom. The summed E-state index contributed by atoms with van der Waals surface area (Å²) >= 11 is 1.36. The van der Waals surface area contributed by atoms with E-state index in [-0.39, 0.29) is 5.41 Å². The van der Waals surface area contributed by atoms with Crippen molar-refractivity contribution in [3.05, 3.63) is 11.9 Å². The van der Waals surface area contributed by atoms with Crippen molar-refractivity contribution in [3.63, 3.8) is 0 Å². The van der Waals surface area contributed by atoms with Gasteiger partial charge in [0.1, 0.15) is 16.7 Å². The smallest absolute Gasteiger partial charge is 0.215 e. The van der Waals surface area contributed by atoms with Gasteiger partial charge < -0.3 is 5.73 Å². The summed E-state index contributed by atoms with van der Waals surface area (Å²) in [6.07, 6.45) is 0. The van der Waals surface area contributed by atoms with E-state index in [2.05, 4.69) is 25.5 Å². The summed E-state index contributed by atoms with van der Waals surface area (Å²) in [5.74, 6) is 1.16. The molecule has 7 nitrogen and oxygen atoms in total. The molecule has 2 heterocycles. The van der Waals surface area contributed by atoms with E-state index in [4.69, 9.17) is 5.73 Å². The Kier molecular flexibility index (Phi) is 3.20. The molecule has 8 heteroatoms. The minimum Gasteiger partial charge on any atom is -0.384 e. The second-order valence-electron chi connectivity index (χ2n) is 4.89. The number of nitrogen functional groups attached to an aromatic ring is 1. The predicted octanol–water partition coefficient (Wildman–Crippen LogP) is 1.03. The molecule has 0 aromatic carbocycles. The quantitative estimate of drug-likeness (QED) is 0.810. The van der Waals surface area contributed by atoms with Gasteiger partial charge >= 0.3 is 0 Å². The van der Waals surface area contributed by atoms with Crippen molar-refractivity contribution in [2.24, 2.45) is 7.05 Å². The number of aryl methyl sites for hydroxylation is 1. The summed E-state index contributed by atoms with van der Waals surface area (Å²) in [5.41, 5.74) is 5.65. The van der Waals surface area contributed by atoms with Gasteiger partial charge in [-0.1, -0.05) is 20.8 Å². The van der Waals surface area contributed by atoms with Crippen LogP contribution in [0.1, 0.15) is 26.6 Å². The summed E-state index contributed by atoms with van der Waals surface area (Å²) in [7, 11) is 1.78. The average molecular weight is 265 g/mol. The fraction of sp³-hybridized carbons (Fsp3) is 0.500. The maximum atomic E-state index is 5.80. The number of nitrogens with zero attached hydrogens (tertiary/aromatic N) is 6. The first kappa shape index (κ1) is 12.7. The van der Waals surface area contributed by atoms with Gasteiger partial charge in [0.05, 0.1) is 0 Å². The van der Waals surface area contributed by atoms with E-state index in [1.54, 1.807) is 17.8 Å². The van der Waals surface area contributed by atoms with Gasteiger partial charge in [0.2, 0.25) is 5.16 Å². The Balaban J connectivity index is 2.35. The molecule has 0 amide bonds. The predicted molar refractivity (Wildman–Crippen MR) is 68.1 cm³/mol. The normalized spacial score (nSPS) is 11.8. The number of anilines is 1. The maximum absolute atomic E-state index is 5.80. The molecule has 2 N–H and O–H groups in total. The van der Waals surface area contributed by atoms with Gasteiger partial charge in [-0.15, -0.1) is 5.10 Å². The highest BCUT2D eigenvalue weighted by atomic mass is 32.2. The molecule has 0 radical (unpaired) electrons. The molecule has 2 rings (SSSR count). The van der Waals surface area contributed by atoms with Gasteiger partial charge in [0.15, 0.2) is 0 Å². The van der Waals surface area contributed by atoms with Gasteiger partial charge in [0, 0.05) is 18.5 Å². The van der Waals surface area contributed by atoms with Crippen LogP contribution in [0.4, 0.5) is 5.82 Å². The van der Waals surface area contributed by atoms with Crippen LogP contribution in [0.5, 0.6) is 0 Å². The van der Waals surface area contributed by atoms with Crippen molar-refractivity contribution in [1.82, 2.24) is 30.2 Å². The topological polar surface area (TPSA) is 95.4 Å². The lowest BCUT2D eigenvalue weighted by molar-refractivity contribution is 0.539. The fourth-order valence-electron chi connectivity index (χ4n) is 1.23. The summed E-state index contributed by atoms with van der Waals surface area (Å²) in [5, 5.41) is 12.6. The van der Waals surface area contributed by atoms with Crippen LogP contribution in [-0.4, -0.2) is 30.2 Å². The molecule has 96 valence electrons. The van der Waals surface area contributed by atoms with Crippen LogP contribution in [0, 0.1) is 0 Å². The van der Waals surface area contributed by atoms with Gasteiger partial charge in [-0.3, -0.25) is 0 Å². The third-order valence-electron chi connectivity index (χ3n) is 2.17. The Morgan fingerprint density at radius 2 is 2.00 bits per heavy atom. The van der Waals surface area contributed by atoms with Crippen molar-refractivity contribution in [2.45, 2.75) is 36.4 Å². The minimum atomic E-state index is -0.150. The van der Waals surface area contributed by atoms with Crippen molar-refractivity contribution in [3.8, 4) is 0 Å². The minimum absolute atomic E-state index is 0.150. The molecule has 0 aliphatic rings. The number of tetrazole rings is 1. The van der Waals surface area contributed by atoms with E-state index in [0.29, 0.717) is 16.8 Å². The van der Waals surface area contributed by atoms with Gasteiger partial charge in [-0.25, -0.2) is 14.6 Å². The number of aromatic nitrogens is 6. The number of hydrogen-bond acceptors (Lipinski definition) is 7. The summed E-state index contributed by atoms with van der Waals surface area (Å²) in [6, 6.07) is 1.72. The molecule has 0 unspecified atom stereocenters. The van der Waals surface area contributed by atoms with Crippen molar-refractivity contribution in [1.29, 1.82) is 0 Å². The third kappa shape index (κ3) is 2.76. The van der Waals surface area contributed by atoms with Crippen LogP contribution in [0.15, 0.2) is 16.2 Å². The van der Waals surface area contributed by atoms with Gasteiger partial charge in [-0.2, -0.15) is 0 Å². The Morgan fingerprint density at radius 1 is 1.28 bits per heavy atom. The van der Waals surface area contributed by atoms with Gasteiger partial charge in [-0.05, 0) is 22.2 Å². The summed E-state index contributed by atoms with van der Waals surface area (Å²) in [4.78, 5) is 8.74. The molecular weight excluding hydrogens is 250 g/mol. The van der Waals surface area contributed by atoms with Crippen LogP contribution >= 0.6 is 11.8 Å². The van der Waals surface area contributed by atoms with Crippen LogP contribution in [0.3, 0.4) is 0 Å². The number of nitrogens with two attached hydrogens (primary N) is 1. The molecule has 0 bridgehead atoms. The standard InChI is InChI=1S/C10H15N7S/c1-10(2,3)8-12-6(11)5-7(13-8)18-9-14-15-16-17(9)4/h5H,1-4H3,(H2,11,12,13). The molecule has 0 aliphatic carbocycles. The molecule has 0 aliphatic heterocycles. The van der Waals surface area contributed by atoms with Crippen molar-refractivity contribution in [2.75, 3.05) is 5.73 Å². The maximum Gasteiger partial charge on any atom is 0.215 e. The highest BCUT2D eigenvalue weighted by molar-refractivity contribution is 7.99. The van der Waals surface area contributed by atoms with Gasteiger partial charge in [0.25, 0.3) is 0 Å². The van der Waals surface area contributed by atoms with E-state index in [1.807, 2.05) is 20.8 Å². The molecular formula is C10H15N7S. The molecule has 0 saturated heterocycles. The molecule has 0 spiro atoms. The average Bonchev–Trinajstić information content (AvgIpc) is 2.62. The first-order chi connectivity index (χ1) is 8.36. The summed E-state index contributed by atoms with van der Waals surface area (Å²) in [6.45, 7) is 6.13. The first-order valence-corrected chi connectivity index (χ1v) is 6.23. The Labute approximate surface area is 109 Å². The van der Waals surface area contributed by atoms with Crippen molar-refractivity contribution < 1.29 is 0 Å². The van der Waals surface area contributed by atoms with E-state index < -0.39 is 0 Å². The van der Waals surface area contributed by atoms with Crippen LogP contribution in [0.2, 0.25) is 0 Å². The Hall–Kier alpha value is -1.70. The molecule has 0 fully saturated rings. The second kappa shape index (κ2) is 4.52. The molecule has 0 saturated carbocycles. The lowest BCUT2D eigenvalue weighted by atomic mass is 9.96. The zero-order valence-electron chi connectivity index (χ0n) is 10.7. The highest BCUT2D eigenvalue weighted by Gasteiger charge is 2.19. The molecule has 2 aromatic rings. The van der Waals surface area contributed by atoms with Crippen LogP contribution in [-0.2, 0) is 12.5 Å². The SMILES string of the molecule is Cn1nnnc1Sc1cc(N)nc(C(C)(C)C)n1. The van der Waals surface area contributed by atoms with Crippen molar-refractivity contribution >= 4 is 17.6 Å². The highest BCUT2D eigenvalue weighted by Crippen LogP contribution is 2.27. The largest absolute Gasteiger partial charge is 0.384 e. The molecule has 18 heavy (non-hydrogen) atoms. The first-order valence-electron chi connectivity index (χ1n) is 5.41.